The second-order valence-corrected chi connectivity index (χ2v) is 7.30. The van der Waals surface area contributed by atoms with Crippen molar-refractivity contribution in [2.24, 2.45) is 0 Å². The van der Waals surface area contributed by atoms with E-state index in [-0.39, 0.29) is 0 Å². The molecule has 0 saturated carbocycles. The number of hydrogen-bond donors (Lipinski definition) is 2. The highest BCUT2D eigenvalue weighted by Crippen LogP contribution is 2.37. The maximum Gasteiger partial charge on any atom is 0.349 e. The molecule has 0 radical (unpaired) electrons. The maximum absolute atomic E-state index is 11.8. The van der Waals surface area contributed by atoms with Crippen LogP contribution in [0.25, 0.3) is 10.1 Å². The molecule has 0 spiro atoms. The van der Waals surface area contributed by atoms with Gasteiger partial charge in [-0.15, -0.1) is 17.8 Å². The number of carbonyl (C=O) groups is 1. The molecule has 0 aliphatic rings. The summed E-state index contributed by atoms with van der Waals surface area (Å²) in [6.07, 6.45) is 7.18. The predicted molar refractivity (Wildman–Crippen MR) is 110 cm³/mol. The van der Waals surface area contributed by atoms with Gasteiger partial charge in [-0.1, -0.05) is 31.4 Å². The van der Waals surface area contributed by atoms with Gasteiger partial charge in [0.1, 0.15) is 4.88 Å². The van der Waals surface area contributed by atoms with Crippen molar-refractivity contribution in [3.63, 3.8) is 0 Å². The molecular weight excluding hydrogens is 376 g/mol. The summed E-state index contributed by atoms with van der Waals surface area (Å²) in [6.45, 7) is 4.04. The minimum absolute atomic E-state index is 0.389. The number of thiocarbonyl (C=S) groups is 1. The Bertz CT molecular complexity index is 851. The van der Waals surface area contributed by atoms with Gasteiger partial charge in [-0.2, -0.15) is 0 Å². The quantitative estimate of drug-likeness (QED) is 0.432. The molecular formula is C18H19ClN2O2S2. The normalized spacial score (nSPS) is 11.0. The lowest BCUT2D eigenvalue weighted by atomic mass is 9.94. The van der Waals surface area contributed by atoms with Crippen molar-refractivity contribution < 1.29 is 9.53 Å². The Kier molecular flexibility index (Phi) is 6.28. The van der Waals surface area contributed by atoms with Gasteiger partial charge < -0.3 is 15.4 Å². The van der Waals surface area contributed by atoms with Crippen molar-refractivity contribution in [2.75, 3.05) is 12.4 Å². The molecule has 2 rings (SSSR count). The average molecular weight is 395 g/mol. The number of nitrogens with one attached hydrogen (secondary N) is 2. The molecule has 0 amide bonds. The fraction of sp³-hybridized carbons (Fsp3) is 0.333. The lowest BCUT2D eigenvalue weighted by molar-refractivity contribution is 0.0606. The van der Waals surface area contributed by atoms with Gasteiger partial charge in [-0.3, -0.25) is 0 Å². The predicted octanol–water partition coefficient (Wildman–Crippen LogP) is 4.82. The molecule has 2 N–H and O–H groups in total. The number of hydrogen-bond acceptors (Lipinski definition) is 4. The first-order valence-corrected chi connectivity index (χ1v) is 9.37. The molecule has 132 valence electrons. The third-order valence-corrected chi connectivity index (χ3v) is 5.94. The highest BCUT2D eigenvalue weighted by atomic mass is 35.5. The summed E-state index contributed by atoms with van der Waals surface area (Å²) in [5.41, 5.74) is 0.329. The number of rotatable bonds is 5. The zero-order chi connectivity index (χ0) is 18.6. The molecule has 2 aromatic rings. The van der Waals surface area contributed by atoms with Gasteiger partial charge in [0.2, 0.25) is 0 Å². The molecule has 4 nitrogen and oxygen atoms in total. The molecule has 1 heterocycles. The molecule has 0 unspecified atom stereocenters. The summed E-state index contributed by atoms with van der Waals surface area (Å²) in [5, 5.41) is 8.01. The lowest BCUT2D eigenvalue weighted by Crippen LogP contribution is -2.48. The molecule has 1 aromatic carbocycles. The summed E-state index contributed by atoms with van der Waals surface area (Å²) in [6, 6.07) is 5.59. The first-order chi connectivity index (χ1) is 11.9. The van der Waals surface area contributed by atoms with E-state index >= 15 is 0 Å². The molecule has 0 fully saturated rings. The van der Waals surface area contributed by atoms with E-state index in [1.807, 2.05) is 32.0 Å². The van der Waals surface area contributed by atoms with Crippen molar-refractivity contribution >= 4 is 62.0 Å². The number of anilines is 1. The summed E-state index contributed by atoms with van der Waals surface area (Å²) in [4.78, 5) is 12.2. The van der Waals surface area contributed by atoms with Crippen LogP contribution >= 0.6 is 35.2 Å². The summed E-state index contributed by atoms with van der Waals surface area (Å²) in [5.74, 6) is 2.34. The average Bonchev–Trinajstić information content (AvgIpc) is 2.95. The van der Waals surface area contributed by atoms with E-state index in [1.54, 1.807) is 0 Å². The number of terminal acetylenes is 1. The largest absolute Gasteiger partial charge is 0.465 e. The van der Waals surface area contributed by atoms with E-state index in [9.17, 15) is 4.79 Å². The highest BCUT2D eigenvalue weighted by molar-refractivity contribution is 7.80. The molecule has 7 heteroatoms. The molecule has 0 bridgehead atoms. The number of benzene rings is 1. The molecule has 0 atom stereocenters. The second kappa shape index (κ2) is 8.05. The second-order valence-electron chi connectivity index (χ2n) is 5.46. The van der Waals surface area contributed by atoms with Crippen LogP contribution in [0, 0.1) is 12.3 Å². The Morgan fingerprint density at radius 3 is 2.68 bits per heavy atom. The van der Waals surface area contributed by atoms with Crippen LogP contribution in [0.3, 0.4) is 0 Å². The SMILES string of the molecule is C#CC(CC)(CC)NC(=S)Nc1ccc2c(Cl)c(C(=O)OC)sc2c1. The number of methoxy groups -OCH3 is 1. The lowest BCUT2D eigenvalue weighted by Gasteiger charge is -2.28. The summed E-state index contributed by atoms with van der Waals surface area (Å²) < 4.78 is 5.62. The van der Waals surface area contributed by atoms with Crippen molar-refractivity contribution in [3.8, 4) is 12.3 Å². The van der Waals surface area contributed by atoms with Gasteiger partial charge >= 0.3 is 5.97 Å². The Balaban J connectivity index is 2.24. The van der Waals surface area contributed by atoms with E-state index in [4.69, 9.17) is 35.0 Å². The third kappa shape index (κ3) is 4.06. The topological polar surface area (TPSA) is 50.4 Å². The number of halogens is 1. The number of fused-ring (bicyclic) bond motifs is 1. The van der Waals surface area contributed by atoms with Gasteiger partial charge in [0.15, 0.2) is 5.11 Å². The van der Waals surface area contributed by atoms with E-state index in [1.165, 1.54) is 18.4 Å². The number of esters is 1. The van der Waals surface area contributed by atoms with Crippen LogP contribution in [0.5, 0.6) is 0 Å². The number of ether oxygens (including phenoxy) is 1. The van der Waals surface area contributed by atoms with E-state index in [2.05, 4.69) is 16.6 Å². The summed E-state index contributed by atoms with van der Waals surface area (Å²) >= 11 is 12.9. The van der Waals surface area contributed by atoms with E-state index in [0.717, 1.165) is 28.6 Å². The van der Waals surface area contributed by atoms with Crippen LogP contribution in [0.15, 0.2) is 18.2 Å². The highest BCUT2D eigenvalue weighted by Gasteiger charge is 2.24. The monoisotopic (exact) mass is 394 g/mol. The van der Waals surface area contributed by atoms with Gasteiger partial charge in [-0.05, 0) is 43.3 Å². The van der Waals surface area contributed by atoms with Crippen molar-refractivity contribution in [2.45, 2.75) is 32.2 Å². The smallest absolute Gasteiger partial charge is 0.349 e. The standard InChI is InChI=1S/C18H19ClN2O2S2/c1-5-18(6-2,7-3)21-17(24)20-11-8-9-12-13(10-11)25-15(14(12)19)16(22)23-4/h1,8-10H,6-7H2,2-4H3,(H2,20,21,24). The molecule has 1 aromatic heterocycles. The summed E-state index contributed by atoms with van der Waals surface area (Å²) in [7, 11) is 1.33. The number of carbonyl (C=O) groups excluding carboxylic acids is 1. The Morgan fingerprint density at radius 1 is 1.44 bits per heavy atom. The third-order valence-electron chi connectivity index (χ3n) is 4.09. The van der Waals surface area contributed by atoms with Crippen molar-refractivity contribution in [1.29, 1.82) is 0 Å². The molecule has 0 aliphatic carbocycles. The van der Waals surface area contributed by atoms with Crippen LogP contribution < -0.4 is 10.6 Å². The fourth-order valence-corrected chi connectivity index (χ4v) is 4.19. The van der Waals surface area contributed by atoms with Gasteiger partial charge in [0.25, 0.3) is 0 Å². The van der Waals surface area contributed by atoms with E-state index in [0.29, 0.717) is 15.0 Å². The Labute approximate surface area is 161 Å². The van der Waals surface area contributed by atoms with Crippen molar-refractivity contribution in [3.05, 3.63) is 28.1 Å². The minimum Gasteiger partial charge on any atom is -0.465 e. The fourth-order valence-electron chi connectivity index (χ4n) is 2.41. The molecule has 0 aliphatic heterocycles. The van der Waals surface area contributed by atoms with Gasteiger partial charge in [0.05, 0.1) is 17.7 Å². The molecule has 25 heavy (non-hydrogen) atoms. The van der Waals surface area contributed by atoms with Crippen molar-refractivity contribution in [1.82, 2.24) is 5.32 Å². The Hall–Kier alpha value is -1.81. The minimum atomic E-state index is -0.460. The molecule has 0 saturated heterocycles. The van der Waals surface area contributed by atoms with Crippen LogP contribution in [0.4, 0.5) is 5.69 Å². The number of thiophene rings is 1. The van der Waals surface area contributed by atoms with Crippen LogP contribution in [0.2, 0.25) is 5.02 Å². The van der Waals surface area contributed by atoms with Crippen LogP contribution in [-0.4, -0.2) is 23.7 Å². The Morgan fingerprint density at radius 2 is 2.12 bits per heavy atom. The first-order valence-electron chi connectivity index (χ1n) is 7.77. The zero-order valence-electron chi connectivity index (χ0n) is 14.2. The van der Waals surface area contributed by atoms with Gasteiger partial charge in [-0.25, -0.2) is 4.79 Å². The van der Waals surface area contributed by atoms with Crippen LogP contribution in [-0.2, 0) is 4.74 Å². The first kappa shape index (κ1) is 19.5. The zero-order valence-corrected chi connectivity index (χ0v) is 16.6. The van der Waals surface area contributed by atoms with Crippen LogP contribution in [0.1, 0.15) is 36.4 Å². The van der Waals surface area contributed by atoms with Gasteiger partial charge in [0, 0.05) is 15.8 Å². The maximum atomic E-state index is 11.8. The van der Waals surface area contributed by atoms with E-state index < -0.39 is 11.5 Å².